The van der Waals surface area contributed by atoms with Crippen LogP contribution in [0.1, 0.15) is 12.8 Å². The lowest BCUT2D eigenvalue weighted by Gasteiger charge is -2.30. The van der Waals surface area contributed by atoms with Crippen LogP contribution in [-0.2, 0) is 9.47 Å². The average molecular weight is 292 g/mol. The third-order valence-electron chi connectivity index (χ3n) is 4.15. The van der Waals surface area contributed by atoms with Gasteiger partial charge in [-0.3, -0.25) is 0 Å². The fourth-order valence-corrected chi connectivity index (χ4v) is 2.94. The molecular weight excluding hydrogens is 268 g/mol. The maximum absolute atomic E-state index is 5.56. The fourth-order valence-electron chi connectivity index (χ4n) is 2.94. The first kappa shape index (κ1) is 14.5. The summed E-state index contributed by atoms with van der Waals surface area (Å²) in [7, 11) is 2.10. The second-order valence-electron chi connectivity index (χ2n) is 5.80. The molecule has 1 atom stereocenters. The van der Waals surface area contributed by atoms with Gasteiger partial charge in [0.2, 0.25) is 0 Å². The van der Waals surface area contributed by atoms with Gasteiger partial charge in [-0.25, -0.2) is 9.97 Å². The van der Waals surface area contributed by atoms with Gasteiger partial charge in [-0.1, -0.05) is 0 Å². The number of nitrogens with zero attached hydrogens (tertiary/aromatic N) is 4. The minimum absolute atomic E-state index is 0.602. The van der Waals surface area contributed by atoms with Gasteiger partial charge in [0.05, 0.1) is 19.8 Å². The van der Waals surface area contributed by atoms with Crippen LogP contribution in [0, 0.1) is 5.92 Å². The summed E-state index contributed by atoms with van der Waals surface area (Å²) < 4.78 is 10.9. The zero-order chi connectivity index (χ0) is 14.5. The van der Waals surface area contributed by atoms with Crippen LogP contribution in [-0.4, -0.2) is 63.1 Å². The van der Waals surface area contributed by atoms with Gasteiger partial charge >= 0.3 is 0 Å². The normalized spacial score (nSPS) is 23.1. The number of ether oxygens (including phenoxy) is 2. The van der Waals surface area contributed by atoms with Crippen LogP contribution in [0.25, 0.3) is 0 Å². The smallest absolute Gasteiger partial charge is 0.134 e. The standard InChI is InChI=1S/C15H24N4O2/c1-18(10-13-3-2-6-21-11-13)14-9-15(17-12-16-14)19-4-7-20-8-5-19/h9,12-13H,2-8,10-11H2,1H3. The Labute approximate surface area is 126 Å². The van der Waals surface area contributed by atoms with Gasteiger partial charge in [0.15, 0.2) is 0 Å². The lowest BCUT2D eigenvalue weighted by Crippen LogP contribution is -2.37. The van der Waals surface area contributed by atoms with E-state index in [-0.39, 0.29) is 0 Å². The van der Waals surface area contributed by atoms with Crippen LogP contribution >= 0.6 is 0 Å². The first-order chi connectivity index (χ1) is 10.3. The average Bonchev–Trinajstić information content (AvgIpc) is 2.57. The van der Waals surface area contributed by atoms with E-state index in [1.165, 1.54) is 12.8 Å². The van der Waals surface area contributed by atoms with E-state index in [0.717, 1.165) is 57.7 Å². The molecule has 6 nitrogen and oxygen atoms in total. The molecule has 1 unspecified atom stereocenters. The van der Waals surface area contributed by atoms with Gasteiger partial charge in [-0.2, -0.15) is 0 Å². The maximum Gasteiger partial charge on any atom is 0.134 e. The van der Waals surface area contributed by atoms with Crippen molar-refractivity contribution in [3.63, 3.8) is 0 Å². The van der Waals surface area contributed by atoms with Crippen molar-refractivity contribution >= 4 is 11.6 Å². The maximum atomic E-state index is 5.56. The van der Waals surface area contributed by atoms with Crippen molar-refractivity contribution in [2.75, 3.05) is 62.9 Å². The van der Waals surface area contributed by atoms with Crippen molar-refractivity contribution < 1.29 is 9.47 Å². The van der Waals surface area contributed by atoms with E-state index in [9.17, 15) is 0 Å². The second kappa shape index (κ2) is 7.04. The highest BCUT2D eigenvalue weighted by Gasteiger charge is 2.18. The summed E-state index contributed by atoms with van der Waals surface area (Å²) in [6.45, 7) is 6.11. The third-order valence-corrected chi connectivity index (χ3v) is 4.15. The molecule has 0 saturated carbocycles. The van der Waals surface area contributed by atoms with Crippen molar-refractivity contribution in [3.8, 4) is 0 Å². The molecule has 2 saturated heterocycles. The van der Waals surface area contributed by atoms with Crippen LogP contribution in [0.15, 0.2) is 12.4 Å². The van der Waals surface area contributed by atoms with Crippen LogP contribution < -0.4 is 9.80 Å². The van der Waals surface area contributed by atoms with E-state index in [2.05, 4.69) is 32.9 Å². The number of anilines is 2. The zero-order valence-electron chi connectivity index (χ0n) is 12.7. The molecular formula is C15H24N4O2. The minimum atomic E-state index is 0.602. The topological polar surface area (TPSA) is 50.7 Å². The van der Waals surface area contributed by atoms with Gasteiger partial charge in [0.1, 0.15) is 18.0 Å². The van der Waals surface area contributed by atoms with Crippen LogP contribution in [0.5, 0.6) is 0 Å². The first-order valence-corrected chi connectivity index (χ1v) is 7.76. The van der Waals surface area contributed by atoms with Gasteiger partial charge in [0, 0.05) is 39.4 Å². The Bertz CT molecular complexity index is 445. The molecule has 21 heavy (non-hydrogen) atoms. The van der Waals surface area contributed by atoms with Gasteiger partial charge in [-0.15, -0.1) is 0 Å². The largest absolute Gasteiger partial charge is 0.381 e. The molecule has 0 aliphatic carbocycles. The van der Waals surface area contributed by atoms with E-state index in [4.69, 9.17) is 9.47 Å². The summed E-state index contributed by atoms with van der Waals surface area (Å²) in [4.78, 5) is 13.3. The Morgan fingerprint density at radius 1 is 1.24 bits per heavy atom. The number of hydrogen-bond acceptors (Lipinski definition) is 6. The highest BCUT2D eigenvalue weighted by Crippen LogP contribution is 2.20. The molecule has 0 aromatic carbocycles. The predicted molar refractivity (Wildman–Crippen MR) is 81.9 cm³/mol. The van der Waals surface area contributed by atoms with E-state index in [1.54, 1.807) is 6.33 Å². The lowest BCUT2D eigenvalue weighted by molar-refractivity contribution is 0.0576. The molecule has 2 aliphatic rings. The number of morpholine rings is 1. The Kier molecular flexibility index (Phi) is 4.87. The number of aromatic nitrogens is 2. The number of rotatable bonds is 4. The van der Waals surface area contributed by atoms with E-state index in [1.807, 2.05) is 0 Å². The summed E-state index contributed by atoms with van der Waals surface area (Å²) in [5.41, 5.74) is 0. The van der Waals surface area contributed by atoms with Crippen LogP contribution in [0.4, 0.5) is 11.6 Å². The molecule has 2 fully saturated rings. The SMILES string of the molecule is CN(CC1CCCOC1)c1cc(N2CCOCC2)ncn1. The van der Waals surface area contributed by atoms with Crippen molar-refractivity contribution in [1.29, 1.82) is 0 Å². The summed E-state index contributed by atoms with van der Waals surface area (Å²) >= 11 is 0. The summed E-state index contributed by atoms with van der Waals surface area (Å²) in [6, 6.07) is 2.08. The molecule has 0 radical (unpaired) electrons. The molecule has 0 amide bonds. The second-order valence-corrected chi connectivity index (χ2v) is 5.80. The number of hydrogen-bond donors (Lipinski definition) is 0. The predicted octanol–water partition coefficient (Wildman–Crippen LogP) is 1.18. The van der Waals surface area contributed by atoms with E-state index >= 15 is 0 Å². The molecule has 116 valence electrons. The van der Waals surface area contributed by atoms with E-state index < -0.39 is 0 Å². The van der Waals surface area contributed by atoms with Crippen molar-refractivity contribution in [2.45, 2.75) is 12.8 Å². The monoisotopic (exact) mass is 292 g/mol. The van der Waals surface area contributed by atoms with Gasteiger partial charge in [-0.05, 0) is 18.8 Å². The summed E-state index contributed by atoms with van der Waals surface area (Å²) in [5, 5.41) is 0. The molecule has 1 aromatic heterocycles. The van der Waals surface area contributed by atoms with Crippen LogP contribution in [0.3, 0.4) is 0 Å². The summed E-state index contributed by atoms with van der Waals surface area (Å²) in [6.07, 6.45) is 4.07. The fraction of sp³-hybridized carbons (Fsp3) is 0.733. The Hall–Kier alpha value is -1.40. The minimum Gasteiger partial charge on any atom is -0.381 e. The molecule has 1 aromatic rings. The van der Waals surface area contributed by atoms with E-state index in [0.29, 0.717) is 5.92 Å². The van der Waals surface area contributed by atoms with Gasteiger partial charge in [0.25, 0.3) is 0 Å². The Balaban J connectivity index is 1.63. The summed E-state index contributed by atoms with van der Waals surface area (Å²) in [5.74, 6) is 2.58. The molecule has 6 heteroatoms. The van der Waals surface area contributed by atoms with Gasteiger partial charge < -0.3 is 19.3 Å². The van der Waals surface area contributed by atoms with Crippen molar-refractivity contribution in [2.24, 2.45) is 5.92 Å². The Morgan fingerprint density at radius 3 is 2.86 bits per heavy atom. The van der Waals surface area contributed by atoms with Crippen molar-refractivity contribution in [3.05, 3.63) is 12.4 Å². The first-order valence-electron chi connectivity index (χ1n) is 7.76. The molecule has 0 N–H and O–H groups in total. The lowest BCUT2D eigenvalue weighted by atomic mass is 10.0. The highest BCUT2D eigenvalue weighted by molar-refractivity contribution is 5.49. The highest BCUT2D eigenvalue weighted by atomic mass is 16.5. The molecule has 2 aliphatic heterocycles. The quantitative estimate of drug-likeness (QED) is 0.830. The zero-order valence-corrected chi connectivity index (χ0v) is 12.7. The molecule has 0 spiro atoms. The molecule has 3 heterocycles. The third kappa shape index (κ3) is 3.83. The van der Waals surface area contributed by atoms with Crippen LogP contribution in [0.2, 0.25) is 0 Å². The Morgan fingerprint density at radius 2 is 2.10 bits per heavy atom. The molecule has 0 bridgehead atoms. The van der Waals surface area contributed by atoms with Crippen molar-refractivity contribution in [1.82, 2.24) is 9.97 Å². The molecule has 3 rings (SSSR count).